The summed E-state index contributed by atoms with van der Waals surface area (Å²) in [6.45, 7) is 4.62. The van der Waals surface area contributed by atoms with Crippen molar-refractivity contribution in [2.45, 2.75) is 24.8 Å². The quantitative estimate of drug-likeness (QED) is 0.807. The second-order valence-corrected chi connectivity index (χ2v) is 7.89. The van der Waals surface area contributed by atoms with Crippen LogP contribution in [0.1, 0.15) is 19.3 Å². The van der Waals surface area contributed by atoms with Crippen LogP contribution in [0.4, 0.5) is 5.69 Å². The smallest absolute Gasteiger partial charge is 0.225 e. The van der Waals surface area contributed by atoms with Gasteiger partial charge in [-0.15, -0.1) is 0 Å². The van der Waals surface area contributed by atoms with Crippen molar-refractivity contribution < 1.29 is 9.53 Å². The van der Waals surface area contributed by atoms with Gasteiger partial charge in [-0.05, 0) is 43.2 Å². The van der Waals surface area contributed by atoms with Crippen molar-refractivity contribution >= 4 is 23.2 Å². The van der Waals surface area contributed by atoms with Crippen LogP contribution in [0.15, 0.2) is 48.8 Å². The molecule has 2 aliphatic heterocycles. The number of piperazine rings is 1. The fourth-order valence-electron chi connectivity index (χ4n) is 4.21. The fourth-order valence-corrected chi connectivity index (χ4v) is 4.39. The SMILES string of the molecule is O=C(CC1(n2cccc2)CCOCC1)N1CCN(c2cccc(Cl)c2)CC1. The number of aromatic nitrogens is 1. The lowest BCUT2D eigenvalue weighted by Gasteiger charge is -2.41. The average molecular weight is 388 g/mol. The van der Waals surface area contributed by atoms with E-state index in [0.29, 0.717) is 19.6 Å². The van der Waals surface area contributed by atoms with Gasteiger partial charge in [-0.3, -0.25) is 4.79 Å². The second kappa shape index (κ2) is 7.95. The van der Waals surface area contributed by atoms with Crippen LogP contribution >= 0.6 is 11.6 Å². The topological polar surface area (TPSA) is 37.7 Å². The van der Waals surface area contributed by atoms with E-state index in [-0.39, 0.29) is 11.4 Å². The minimum absolute atomic E-state index is 0.150. The third kappa shape index (κ3) is 3.99. The van der Waals surface area contributed by atoms with Gasteiger partial charge in [0, 0.05) is 62.5 Å². The van der Waals surface area contributed by atoms with E-state index in [0.717, 1.165) is 49.7 Å². The first-order chi connectivity index (χ1) is 13.2. The molecule has 6 heteroatoms. The molecule has 1 amide bonds. The van der Waals surface area contributed by atoms with Gasteiger partial charge in [-0.25, -0.2) is 0 Å². The van der Waals surface area contributed by atoms with Crippen molar-refractivity contribution in [3.63, 3.8) is 0 Å². The Balaban J connectivity index is 1.40. The number of hydrogen-bond donors (Lipinski definition) is 0. The summed E-state index contributed by atoms with van der Waals surface area (Å²) in [6, 6.07) is 12.0. The highest BCUT2D eigenvalue weighted by atomic mass is 35.5. The first-order valence-corrected chi connectivity index (χ1v) is 10.0. The summed E-state index contributed by atoms with van der Waals surface area (Å²) in [5, 5.41) is 0.749. The molecule has 2 aliphatic rings. The van der Waals surface area contributed by atoms with Crippen LogP contribution in [0, 0.1) is 0 Å². The zero-order valence-corrected chi connectivity index (χ0v) is 16.3. The minimum Gasteiger partial charge on any atom is -0.381 e. The summed E-state index contributed by atoms with van der Waals surface area (Å²) in [7, 11) is 0. The van der Waals surface area contributed by atoms with Crippen LogP contribution in [0.3, 0.4) is 0 Å². The van der Waals surface area contributed by atoms with Crippen LogP contribution in [-0.4, -0.2) is 54.8 Å². The van der Waals surface area contributed by atoms with E-state index in [4.69, 9.17) is 16.3 Å². The third-order valence-corrected chi connectivity index (χ3v) is 6.10. The van der Waals surface area contributed by atoms with Crippen LogP contribution in [-0.2, 0) is 15.1 Å². The first-order valence-electron chi connectivity index (χ1n) is 9.66. The molecule has 27 heavy (non-hydrogen) atoms. The van der Waals surface area contributed by atoms with Crippen molar-refractivity contribution in [3.05, 3.63) is 53.8 Å². The maximum absolute atomic E-state index is 13.1. The molecule has 5 nitrogen and oxygen atoms in total. The Morgan fingerprint density at radius 3 is 2.41 bits per heavy atom. The summed E-state index contributed by atoms with van der Waals surface area (Å²) in [6.07, 6.45) is 6.47. The molecule has 1 aromatic carbocycles. The van der Waals surface area contributed by atoms with Crippen LogP contribution in [0.25, 0.3) is 0 Å². The number of benzene rings is 1. The molecule has 2 aromatic rings. The first kappa shape index (κ1) is 18.4. The predicted octanol–water partition coefficient (Wildman–Crippen LogP) is 3.39. The van der Waals surface area contributed by atoms with Gasteiger partial charge in [0.05, 0.1) is 12.0 Å². The highest BCUT2D eigenvalue weighted by Gasteiger charge is 2.37. The Morgan fingerprint density at radius 1 is 1.04 bits per heavy atom. The monoisotopic (exact) mass is 387 g/mol. The zero-order valence-electron chi connectivity index (χ0n) is 15.5. The summed E-state index contributed by atoms with van der Waals surface area (Å²) in [4.78, 5) is 17.4. The molecule has 144 valence electrons. The molecule has 0 N–H and O–H groups in total. The number of ether oxygens (including phenoxy) is 1. The van der Waals surface area contributed by atoms with E-state index < -0.39 is 0 Å². The molecule has 0 unspecified atom stereocenters. The summed E-state index contributed by atoms with van der Waals surface area (Å²) in [5.41, 5.74) is 0.978. The largest absolute Gasteiger partial charge is 0.381 e. The van der Waals surface area contributed by atoms with Gasteiger partial charge < -0.3 is 19.1 Å². The Morgan fingerprint density at radius 2 is 1.74 bits per heavy atom. The maximum Gasteiger partial charge on any atom is 0.225 e. The molecule has 0 saturated carbocycles. The summed E-state index contributed by atoms with van der Waals surface area (Å²) in [5.74, 6) is 0.247. The van der Waals surface area contributed by atoms with Crippen LogP contribution < -0.4 is 4.90 Å². The van der Waals surface area contributed by atoms with E-state index in [1.54, 1.807) is 0 Å². The number of anilines is 1. The van der Waals surface area contributed by atoms with Crippen LogP contribution in [0.2, 0.25) is 5.02 Å². The van der Waals surface area contributed by atoms with E-state index in [2.05, 4.69) is 27.9 Å². The standard InChI is InChI=1S/C21H26ClN3O2/c22-18-4-3-5-19(16-18)23-10-12-24(13-11-23)20(26)17-21(6-14-27-15-7-21)25-8-1-2-9-25/h1-5,8-9,16H,6-7,10-15,17H2. The number of halogens is 1. The van der Waals surface area contributed by atoms with Crippen molar-refractivity contribution in [3.8, 4) is 0 Å². The Labute approximate surface area is 165 Å². The summed E-state index contributed by atoms with van der Waals surface area (Å²) >= 11 is 6.11. The van der Waals surface area contributed by atoms with E-state index in [1.165, 1.54) is 0 Å². The Bertz CT molecular complexity index is 763. The highest BCUT2D eigenvalue weighted by Crippen LogP contribution is 2.34. The van der Waals surface area contributed by atoms with Crippen molar-refractivity contribution in [1.29, 1.82) is 0 Å². The zero-order chi connectivity index (χ0) is 18.7. The summed E-state index contributed by atoms with van der Waals surface area (Å²) < 4.78 is 7.78. The number of rotatable bonds is 4. The van der Waals surface area contributed by atoms with Gasteiger partial charge in [0.2, 0.25) is 5.91 Å². The molecule has 0 atom stereocenters. The van der Waals surface area contributed by atoms with Gasteiger partial charge in [0.1, 0.15) is 0 Å². The lowest BCUT2D eigenvalue weighted by molar-refractivity contribution is -0.135. The van der Waals surface area contributed by atoms with Crippen molar-refractivity contribution in [2.75, 3.05) is 44.3 Å². The molecule has 0 radical (unpaired) electrons. The molecular formula is C21H26ClN3O2. The predicted molar refractivity (Wildman–Crippen MR) is 107 cm³/mol. The fraction of sp³-hybridized carbons (Fsp3) is 0.476. The Kier molecular flexibility index (Phi) is 5.41. The van der Waals surface area contributed by atoms with Gasteiger partial charge in [-0.2, -0.15) is 0 Å². The van der Waals surface area contributed by atoms with Gasteiger partial charge in [0.25, 0.3) is 0 Å². The van der Waals surface area contributed by atoms with E-state index in [9.17, 15) is 4.79 Å². The maximum atomic E-state index is 13.1. The number of hydrogen-bond acceptors (Lipinski definition) is 3. The number of carbonyl (C=O) groups is 1. The minimum atomic E-state index is -0.150. The number of nitrogens with zero attached hydrogens (tertiary/aromatic N) is 3. The van der Waals surface area contributed by atoms with E-state index in [1.807, 2.05) is 35.2 Å². The van der Waals surface area contributed by atoms with Crippen molar-refractivity contribution in [2.24, 2.45) is 0 Å². The average Bonchev–Trinajstić information content (AvgIpc) is 3.24. The lowest BCUT2D eigenvalue weighted by atomic mass is 9.85. The molecule has 0 spiro atoms. The normalized spacial score (nSPS) is 19.9. The van der Waals surface area contributed by atoms with Gasteiger partial charge in [0.15, 0.2) is 0 Å². The molecule has 0 aliphatic carbocycles. The number of carbonyl (C=O) groups excluding carboxylic acids is 1. The molecule has 1 aromatic heterocycles. The van der Waals surface area contributed by atoms with Crippen molar-refractivity contribution in [1.82, 2.24) is 9.47 Å². The van der Waals surface area contributed by atoms with Gasteiger partial charge in [-0.1, -0.05) is 17.7 Å². The molecule has 3 heterocycles. The molecular weight excluding hydrogens is 362 g/mol. The lowest BCUT2D eigenvalue weighted by Crippen LogP contribution is -2.51. The third-order valence-electron chi connectivity index (χ3n) is 5.86. The highest BCUT2D eigenvalue weighted by molar-refractivity contribution is 6.30. The molecule has 0 bridgehead atoms. The Hall–Kier alpha value is -1.98. The molecule has 2 fully saturated rings. The molecule has 2 saturated heterocycles. The molecule has 4 rings (SSSR count). The second-order valence-electron chi connectivity index (χ2n) is 7.45. The van der Waals surface area contributed by atoms with E-state index >= 15 is 0 Å². The van der Waals surface area contributed by atoms with Gasteiger partial charge >= 0.3 is 0 Å². The number of amides is 1. The van der Waals surface area contributed by atoms with Crippen LogP contribution in [0.5, 0.6) is 0 Å².